The monoisotopic (exact) mass is 440 g/mol. The molecule has 1 atom stereocenters. The molecule has 0 radical (unpaired) electrons. The standard InChI is InChI=1S/C23H21ClN2O3S/c1-15(22(27)26-21-12-4-3-11-20(21)24)30-19-10-6-8-17(14-19)25-23(28)16-7-5-9-18(13-16)29-2/h3-15H,1-2H3,(H,25,28)(H,26,27). The number of halogens is 1. The molecule has 2 amide bonds. The summed E-state index contributed by atoms with van der Waals surface area (Å²) in [4.78, 5) is 25.9. The van der Waals surface area contributed by atoms with Gasteiger partial charge in [-0.05, 0) is 55.5 Å². The zero-order valence-electron chi connectivity index (χ0n) is 16.5. The van der Waals surface area contributed by atoms with E-state index in [1.165, 1.54) is 11.8 Å². The molecule has 0 aliphatic carbocycles. The van der Waals surface area contributed by atoms with Crippen molar-refractivity contribution in [3.05, 3.63) is 83.4 Å². The topological polar surface area (TPSA) is 67.4 Å². The normalized spacial score (nSPS) is 11.4. The van der Waals surface area contributed by atoms with Gasteiger partial charge in [-0.2, -0.15) is 0 Å². The Morgan fingerprint density at radius 3 is 2.50 bits per heavy atom. The fourth-order valence-corrected chi connectivity index (χ4v) is 3.78. The number of hydrogen-bond donors (Lipinski definition) is 2. The third-order valence-electron chi connectivity index (χ3n) is 4.24. The van der Waals surface area contributed by atoms with Gasteiger partial charge in [0.25, 0.3) is 5.91 Å². The first kappa shape index (κ1) is 21.7. The Morgan fingerprint density at radius 2 is 1.73 bits per heavy atom. The van der Waals surface area contributed by atoms with Gasteiger partial charge < -0.3 is 15.4 Å². The van der Waals surface area contributed by atoms with Gasteiger partial charge in [0.15, 0.2) is 0 Å². The highest BCUT2D eigenvalue weighted by atomic mass is 35.5. The second kappa shape index (κ2) is 10.2. The Balaban J connectivity index is 1.64. The van der Waals surface area contributed by atoms with Crippen LogP contribution in [0.4, 0.5) is 11.4 Å². The Bertz CT molecular complexity index is 1060. The van der Waals surface area contributed by atoms with Gasteiger partial charge in [-0.25, -0.2) is 0 Å². The van der Waals surface area contributed by atoms with E-state index < -0.39 is 0 Å². The van der Waals surface area contributed by atoms with Crippen molar-refractivity contribution >= 4 is 46.6 Å². The predicted octanol–water partition coefficient (Wildman–Crippen LogP) is 5.72. The minimum absolute atomic E-state index is 0.154. The highest BCUT2D eigenvalue weighted by molar-refractivity contribution is 8.00. The van der Waals surface area contributed by atoms with Gasteiger partial charge in [-0.15, -0.1) is 11.8 Å². The molecule has 3 aromatic rings. The van der Waals surface area contributed by atoms with E-state index in [2.05, 4.69) is 10.6 Å². The first-order valence-corrected chi connectivity index (χ1v) is 10.5. The summed E-state index contributed by atoms with van der Waals surface area (Å²) < 4.78 is 5.16. The molecule has 0 heterocycles. The first-order valence-electron chi connectivity index (χ1n) is 9.24. The van der Waals surface area contributed by atoms with Crippen molar-refractivity contribution in [3.8, 4) is 5.75 Å². The number of hydrogen-bond acceptors (Lipinski definition) is 4. The summed E-state index contributed by atoms with van der Waals surface area (Å²) in [6.45, 7) is 1.82. The van der Waals surface area contributed by atoms with Crippen LogP contribution in [0.25, 0.3) is 0 Å². The molecule has 2 N–H and O–H groups in total. The van der Waals surface area contributed by atoms with Crippen LogP contribution >= 0.6 is 23.4 Å². The van der Waals surface area contributed by atoms with Crippen LogP contribution in [0.5, 0.6) is 5.75 Å². The van der Waals surface area contributed by atoms with Crippen molar-refractivity contribution in [2.24, 2.45) is 0 Å². The SMILES string of the molecule is COc1cccc(C(=O)Nc2cccc(SC(C)C(=O)Nc3ccccc3Cl)c2)c1. The van der Waals surface area contributed by atoms with Crippen LogP contribution in [0.3, 0.4) is 0 Å². The zero-order chi connectivity index (χ0) is 21.5. The number of carbonyl (C=O) groups is 2. The summed E-state index contributed by atoms with van der Waals surface area (Å²) in [6.07, 6.45) is 0. The van der Waals surface area contributed by atoms with E-state index in [0.29, 0.717) is 27.7 Å². The predicted molar refractivity (Wildman–Crippen MR) is 123 cm³/mol. The molecule has 1 unspecified atom stereocenters. The molecular weight excluding hydrogens is 420 g/mol. The molecule has 3 aromatic carbocycles. The summed E-state index contributed by atoms with van der Waals surface area (Å²) in [6, 6.07) is 21.4. The van der Waals surface area contributed by atoms with E-state index >= 15 is 0 Å². The van der Waals surface area contributed by atoms with Crippen molar-refractivity contribution in [1.29, 1.82) is 0 Å². The average molecular weight is 441 g/mol. The van der Waals surface area contributed by atoms with Crippen LogP contribution in [0.1, 0.15) is 17.3 Å². The van der Waals surface area contributed by atoms with E-state index in [1.54, 1.807) is 49.6 Å². The van der Waals surface area contributed by atoms with Gasteiger partial charge in [0, 0.05) is 16.1 Å². The Labute approximate surface area is 184 Å². The summed E-state index contributed by atoms with van der Waals surface area (Å²) in [5.74, 6) is 0.227. The van der Waals surface area contributed by atoms with Gasteiger partial charge in [0.1, 0.15) is 5.75 Å². The molecule has 154 valence electrons. The van der Waals surface area contributed by atoms with Crippen LogP contribution in [-0.4, -0.2) is 24.2 Å². The molecule has 0 aliphatic rings. The van der Waals surface area contributed by atoms with Crippen molar-refractivity contribution in [2.75, 3.05) is 17.7 Å². The second-order valence-corrected chi connectivity index (χ2v) is 8.26. The molecule has 7 heteroatoms. The molecule has 5 nitrogen and oxygen atoms in total. The third kappa shape index (κ3) is 5.78. The minimum Gasteiger partial charge on any atom is -0.497 e. The quantitative estimate of drug-likeness (QED) is 0.461. The molecular formula is C23H21ClN2O3S. The van der Waals surface area contributed by atoms with E-state index in [9.17, 15) is 9.59 Å². The van der Waals surface area contributed by atoms with Crippen LogP contribution in [0, 0.1) is 0 Å². The second-order valence-electron chi connectivity index (χ2n) is 6.44. The van der Waals surface area contributed by atoms with Crippen LogP contribution in [-0.2, 0) is 4.79 Å². The van der Waals surface area contributed by atoms with E-state index in [1.807, 2.05) is 37.3 Å². The van der Waals surface area contributed by atoms with Crippen LogP contribution in [0.2, 0.25) is 5.02 Å². The van der Waals surface area contributed by atoms with Crippen molar-refractivity contribution in [2.45, 2.75) is 17.1 Å². The fourth-order valence-electron chi connectivity index (χ4n) is 2.67. The summed E-state index contributed by atoms with van der Waals surface area (Å²) in [5, 5.41) is 5.85. The minimum atomic E-state index is -0.356. The van der Waals surface area contributed by atoms with E-state index in [-0.39, 0.29) is 17.1 Å². The molecule has 0 spiro atoms. The molecule has 0 aliphatic heterocycles. The first-order chi connectivity index (χ1) is 14.5. The maximum absolute atomic E-state index is 12.5. The number of ether oxygens (including phenoxy) is 1. The Hall–Kier alpha value is -2.96. The van der Waals surface area contributed by atoms with Crippen molar-refractivity contribution in [1.82, 2.24) is 0 Å². The third-order valence-corrected chi connectivity index (χ3v) is 5.66. The van der Waals surface area contributed by atoms with Gasteiger partial charge in [0.2, 0.25) is 5.91 Å². The number of para-hydroxylation sites is 1. The number of amides is 2. The van der Waals surface area contributed by atoms with Crippen molar-refractivity contribution < 1.29 is 14.3 Å². The number of nitrogens with one attached hydrogen (secondary N) is 2. The van der Waals surface area contributed by atoms with E-state index in [4.69, 9.17) is 16.3 Å². The molecule has 30 heavy (non-hydrogen) atoms. The molecule has 0 aromatic heterocycles. The largest absolute Gasteiger partial charge is 0.497 e. The maximum atomic E-state index is 12.5. The lowest BCUT2D eigenvalue weighted by atomic mass is 10.2. The zero-order valence-corrected chi connectivity index (χ0v) is 18.1. The average Bonchev–Trinajstić information content (AvgIpc) is 2.75. The molecule has 0 bridgehead atoms. The lowest BCUT2D eigenvalue weighted by Crippen LogP contribution is -2.22. The number of thioether (sulfide) groups is 1. The summed E-state index contributed by atoms with van der Waals surface area (Å²) in [5.41, 5.74) is 1.72. The number of anilines is 2. The molecule has 0 fully saturated rings. The van der Waals surface area contributed by atoms with Gasteiger partial charge in [0.05, 0.1) is 23.1 Å². The van der Waals surface area contributed by atoms with Crippen LogP contribution < -0.4 is 15.4 Å². The highest BCUT2D eigenvalue weighted by Crippen LogP contribution is 2.28. The van der Waals surface area contributed by atoms with Crippen molar-refractivity contribution in [3.63, 3.8) is 0 Å². The molecule has 3 rings (SSSR count). The summed E-state index contributed by atoms with van der Waals surface area (Å²) in [7, 11) is 1.56. The Kier molecular flexibility index (Phi) is 7.38. The number of benzene rings is 3. The van der Waals surface area contributed by atoms with Crippen LogP contribution in [0.15, 0.2) is 77.7 Å². The maximum Gasteiger partial charge on any atom is 0.255 e. The lowest BCUT2D eigenvalue weighted by Gasteiger charge is -2.14. The number of carbonyl (C=O) groups excluding carboxylic acids is 2. The molecule has 0 saturated carbocycles. The molecule has 0 saturated heterocycles. The number of methoxy groups -OCH3 is 1. The number of rotatable bonds is 7. The van der Waals surface area contributed by atoms with Gasteiger partial charge >= 0.3 is 0 Å². The Morgan fingerprint density at radius 1 is 0.967 bits per heavy atom. The smallest absolute Gasteiger partial charge is 0.255 e. The van der Waals surface area contributed by atoms with Gasteiger partial charge in [-0.3, -0.25) is 9.59 Å². The lowest BCUT2D eigenvalue weighted by molar-refractivity contribution is -0.115. The highest BCUT2D eigenvalue weighted by Gasteiger charge is 2.16. The fraction of sp³-hybridized carbons (Fsp3) is 0.130. The van der Waals surface area contributed by atoms with E-state index in [0.717, 1.165) is 4.90 Å². The van der Waals surface area contributed by atoms with Gasteiger partial charge in [-0.1, -0.05) is 35.9 Å². The summed E-state index contributed by atoms with van der Waals surface area (Å²) >= 11 is 7.50.